The lowest BCUT2D eigenvalue weighted by atomic mass is 10.3. The lowest BCUT2D eigenvalue weighted by molar-refractivity contribution is 1.06. The minimum Gasteiger partial charge on any atom is -0.366 e. The first-order valence-corrected chi connectivity index (χ1v) is 9.10. The molecule has 1 aromatic carbocycles. The Balaban J connectivity index is 1.43. The first-order valence-electron chi connectivity index (χ1n) is 8.22. The highest BCUT2D eigenvalue weighted by Gasteiger charge is 2.23. The first kappa shape index (κ1) is 14.4. The van der Waals surface area contributed by atoms with Gasteiger partial charge in [0.25, 0.3) is 0 Å². The lowest BCUT2D eigenvalue weighted by Gasteiger charge is -2.10. The fourth-order valence-electron chi connectivity index (χ4n) is 2.70. The molecule has 2 N–H and O–H groups in total. The third-order valence-corrected chi connectivity index (χ3v) is 5.06. The van der Waals surface area contributed by atoms with E-state index in [1.807, 2.05) is 41.1 Å². The largest absolute Gasteiger partial charge is 0.366 e. The molecule has 4 aromatic rings. The SMILES string of the molecule is c1cn(-c2ccc(Nc3nc(NC4CC4)c4sccc4n3)cc2)cn1. The van der Waals surface area contributed by atoms with Gasteiger partial charge >= 0.3 is 0 Å². The van der Waals surface area contributed by atoms with E-state index < -0.39 is 0 Å². The van der Waals surface area contributed by atoms with E-state index in [4.69, 9.17) is 0 Å². The molecule has 0 radical (unpaired) electrons. The molecular formula is C18H16N6S. The lowest BCUT2D eigenvalue weighted by Crippen LogP contribution is -2.06. The maximum absolute atomic E-state index is 4.68. The van der Waals surface area contributed by atoms with Crippen molar-refractivity contribution in [3.8, 4) is 5.69 Å². The third-order valence-electron chi connectivity index (χ3n) is 4.15. The van der Waals surface area contributed by atoms with Crippen LogP contribution in [0, 0.1) is 0 Å². The van der Waals surface area contributed by atoms with E-state index >= 15 is 0 Å². The summed E-state index contributed by atoms with van der Waals surface area (Å²) in [7, 11) is 0. The topological polar surface area (TPSA) is 67.7 Å². The van der Waals surface area contributed by atoms with E-state index in [0.717, 1.165) is 27.4 Å². The fraction of sp³-hybridized carbons (Fsp3) is 0.167. The maximum Gasteiger partial charge on any atom is 0.229 e. The predicted molar refractivity (Wildman–Crippen MR) is 101 cm³/mol. The molecule has 1 aliphatic rings. The summed E-state index contributed by atoms with van der Waals surface area (Å²) in [6.07, 6.45) is 7.91. The average Bonchev–Trinajstić information content (AvgIpc) is 3.11. The van der Waals surface area contributed by atoms with Gasteiger partial charge in [-0.05, 0) is 48.6 Å². The molecule has 124 valence electrons. The number of thiophene rings is 1. The number of benzene rings is 1. The van der Waals surface area contributed by atoms with Gasteiger partial charge in [-0.15, -0.1) is 11.3 Å². The van der Waals surface area contributed by atoms with E-state index in [0.29, 0.717) is 12.0 Å². The monoisotopic (exact) mass is 348 g/mol. The van der Waals surface area contributed by atoms with Gasteiger partial charge in [-0.25, -0.2) is 9.97 Å². The van der Waals surface area contributed by atoms with E-state index in [-0.39, 0.29) is 0 Å². The molecule has 25 heavy (non-hydrogen) atoms. The third kappa shape index (κ3) is 2.94. The van der Waals surface area contributed by atoms with Crippen molar-refractivity contribution >= 4 is 39.0 Å². The quantitative estimate of drug-likeness (QED) is 0.566. The number of hydrogen-bond donors (Lipinski definition) is 2. The Hall–Kier alpha value is -2.93. The predicted octanol–water partition coefficient (Wildman–Crippen LogP) is 4.19. The summed E-state index contributed by atoms with van der Waals surface area (Å²) in [5.74, 6) is 1.55. The molecule has 0 aliphatic heterocycles. The van der Waals surface area contributed by atoms with E-state index in [9.17, 15) is 0 Å². The van der Waals surface area contributed by atoms with Crippen molar-refractivity contribution in [3.05, 3.63) is 54.4 Å². The standard InChI is InChI=1S/C18H16N6S/c1-2-12(1)20-17-16-15(7-10-25-16)22-18(23-17)21-13-3-5-14(6-4-13)24-9-8-19-11-24/h3-12H,1-2H2,(H2,20,21,22,23). The molecule has 1 aliphatic carbocycles. The maximum atomic E-state index is 4.68. The van der Waals surface area contributed by atoms with E-state index in [1.54, 1.807) is 23.9 Å². The molecule has 5 rings (SSSR count). The van der Waals surface area contributed by atoms with Crippen LogP contribution in [-0.2, 0) is 0 Å². The Bertz CT molecular complexity index is 1000. The molecule has 3 aromatic heterocycles. The highest BCUT2D eigenvalue weighted by atomic mass is 32.1. The van der Waals surface area contributed by atoms with Crippen LogP contribution in [0.1, 0.15) is 12.8 Å². The first-order chi connectivity index (χ1) is 12.3. The van der Waals surface area contributed by atoms with Crippen LogP contribution >= 0.6 is 11.3 Å². The second kappa shape index (κ2) is 5.86. The number of anilines is 3. The van der Waals surface area contributed by atoms with Gasteiger partial charge in [0.1, 0.15) is 5.82 Å². The van der Waals surface area contributed by atoms with Crippen molar-refractivity contribution in [1.82, 2.24) is 19.5 Å². The van der Waals surface area contributed by atoms with E-state index in [2.05, 4.69) is 31.0 Å². The molecule has 3 heterocycles. The molecule has 0 amide bonds. The summed E-state index contributed by atoms with van der Waals surface area (Å²) >= 11 is 1.68. The minimum absolute atomic E-state index is 0.558. The number of nitrogens with one attached hydrogen (secondary N) is 2. The molecule has 1 saturated carbocycles. The Morgan fingerprint density at radius 1 is 1.08 bits per heavy atom. The summed E-state index contributed by atoms with van der Waals surface area (Å²) in [6.45, 7) is 0. The molecule has 0 bridgehead atoms. The number of nitrogens with zero attached hydrogens (tertiary/aromatic N) is 4. The van der Waals surface area contributed by atoms with Gasteiger partial charge in [0.2, 0.25) is 5.95 Å². The Morgan fingerprint density at radius 3 is 2.72 bits per heavy atom. The van der Waals surface area contributed by atoms with Gasteiger partial charge in [-0.1, -0.05) is 0 Å². The van der Waals surface area contributed by atoms with Crippen LogP contribution in [0.3, 0.4) is 0 Å². The number of rotatable bonds is 5. The highest BCUT2D eigenvalue weighted by Crippen LogP contribution is 2.32. The summed E-state index contributed by atoms with van der Waals surface area (Å²) < 4.78 is 3.09. The van der Waals surface area contributed by atoms with Crippen molar-refractivity contribution in [1.29, 1.82) is 0 Å². The zero-order chi connectivity index (χ0) is 16.6. The van der Waals surface area contributed by atoms with E-state index in [1.165, 1.54) is 12.8 Å². The van der Waals surface area contributed by atoms with Gasteiger partial charge in [0.15, 0.2) is 0 Å². The minimum atomic E-state index is 0.558. The van der Waals surface area contributed by atoms with Crippen LogP contribution in [0.2, 0.25) is 0 Å². The van der Waals surface area contributed by atoms with Crippen LogP contribution in [0.4, 0.5) is 17.5 Å². The average molecular weight is 348 g/mol. The zero-order valence-electron chi connectivity index (χ0n) is 13.4. The van der Waals surface area contributed by atoms with Gasteiger partial charge < -0.3 is 15.2 Å². The van der Waals surface area contributed by atoms with Crippen LogP contribution in [0.15, 0.2) is 54.4 Å². The Labute approximate surface area is 148 Å². The molecule has 0 unspecified atom stereocenters. The molecule has 0 atom stereocenters. The van der Waals surface area contributed by atoms with Crippen LogP contribution in [-0.4, -0.2) is 25.6 Å². The normalized spacial score (nSPS) is 13.9. The van der Waals surface area contributed by atoms with Crippen molar-refractivity contribution < 1.29 is 0 Å². The molecule has 1 fully saturated rings. The fourth-order valence-corrected chi connectivity index (χ4v) is 3.48. The zero-order valence-corrected chi connectivity index (χ0v) is 14.2. The van der Waals surface area contributed by atoms with Crippen molar-refractivity contribution in [2.75, 3.05) is 10.6 Å². The number of imidazole rings is 1. The van der Waals surface area contributed by atoms with Gasteiger partial charge in [-0.3, -0.25) is 0 Å². The second-order valence-electron chi connectivity index (χ2n) is 6.09. The smallest absolute Gasteiger partial charge is 0.229 e. The molecule has 0 spiro atoms. The highest BCUT2D eigenvalue weighted by molar-refractivity contribution is 7.17. The van der Waals surface area contributed by atoms with Crippen molar-refractivity contribution in [2.45, 2.75) is 18.9 Å². The summed E-state index contributed by atoms with van der Waals surface area (Å²) in [5, 5.41) is 8.87. The summed E-state index contributed by atoms with van der Waals surface area (Å²) in [6, 6.07) is 10.7. The van der Waals surface area contributed by atoms with Gasteiger partial charge in [0, 0.05) is 29.8 Å². The van der Waals surface area contributed by atoms with Gasteiger partial charge in [-0.2, -0.15) is 4.98 Å². The summed E-state index contributed by atoms with van der Waals surface area (Å²) in [4.78, 5) is 13.4. The molecular weight excluding hydrogens is 332 g/mol. The molecule has 0 saturated heterocycles. The molecule has 6 nitrogen and oxygen atoms in total. The van der Waals surface area contributed by atoms with Crippen molar-refractivity contribution in [2.24, 2.45) is 0 Å². The number of hydrogen-bond acceptors (Lipinski definition) is 6. The van der Waals surface area contributed by atoms with Gasteiger partial charge in [0.05, 0.1) is 16.5 Å². The van der Waals surface area contributed by atoms with Crippen LogP contribution in [0.25, 0.3) is 15.9 Å². The molecule has 7 heteroatoms. The summed E-state index contributed by atoms with van der Waals surface area (Å²) in [5.41, 5.74) is 2.99. The van der Waals surface area contributed by atoms with Crippen molar-refractivity contribution in [3.63, 3.8) is 0 Å². The number of fused-ring (bicyclic) bond motifs is 1. The van der Waals surface area contributed by atoms with Crippen LogP contribution < -0.4 is 10.6 Å². The number of aromatic nitrogens is 4. The second-order valence-corrected chi connectivity index (χ2v) is 7.01. The Kier molecular flexibility index (Phi) is 3.38. The van der Waals surface area contributed by atoms with Crippen LogP contribution in [0.5, 0.6) is 0 Å². The Morgan fingerprint density at radius 2 is 1.96 bits per heavy atom.